The number of hydrogen-bond acceptors (Lipinski definition) is 4. The molecule has 0 spiro atoms. The van der Waals surface area contributed by atoms with E-state index < -0.39 is 10.0 Å². The van der Waals surface area contributed by atoms with Crippen LogP contribution in [0.1, 0.15) is 38.0 Å². The monoisotopic (exact) mass is 302 g/mol. The molecule has 1 fully saturated rings. The van der Waals surface area contributed by atoms with Crippen molar-refractivity contribution in [3.05, 3.63) is 16.3 Å². The van der Waals surface area contributed by atoms with Gasteiger partial charge in [-0.3, -0.25) is 0 Å². The molecule has 0 aromatic carbocycles. The summed E-state index contributed by atoms with van der Waals surface area (Å²) in [4.78, 5) is 1.46. The van der Waals surface area contributed by atoms with E-state index in [1.807, 2.05) is 0 Å². The van der Waals surface area contributed by atoms with Crippen LogP contribution < -0.4 is 10.0 Å². The van der Waals surface area contributed by atoms with Crippen LogP contribution in [0.5, 0.6) is 0 Å². The molecule has 1 aliphatic carbocycles. The van der Waals surface area contributed by atoms with Crippen molar-refractivity contribution in [1.82, 2.24) is 10.0 Å². The first-order valence-corrected chi connectivity index (χ1v) is 9.09. The standard InChI is InChI=1S/C13H22N2O2S2/c1-3-6-14-8-11-7-12(9-18-11)19(16,17)15-10-13(2)4-5-13/h7,9,14-15H,3-6,8,10H2,1-2H3. The average molecular weight is 302 g/mol. The fourth-order valence-corrected chi connectivity index (χ4v) is 4.17. The third kappa shape index (κ3) is 4.27. The predicted molar refractivity (Wildman–Crippen MR) is 78.8 cm³/mol. The van der Waals surface area contributed by atoms with Gasteiger partial charge in [0.25, 0.3) is 0 Å². The summed E-state index contributed by atoms with van der Waals surface area (Å²) in [6.07, 6.45) is 3.31. The molecule has 0 amide bonds. The summed E-state index contributed by atoms with van der Waals surface area (Å²) in [5.74, 6) is 0. The second kappa shape index (κ2) is 5.91. The van der Waals surface area contributed by atoms with Crippen LogP contribution >= 0.6 is 11.3 Å². The number of hydrogen-bond donors (Lipinski definition) is 2. The minimum Gasteiger partial charge on any atom is -0.312 e. The highest BCUT2D eigenvalue weighted by Crippen LogP contribution is 2.44. The third-order valence-electron chi connectivity index (χ3n) is 3.46. The molecule has 4 nitrogen and oxygen atoms in total. The molecule has 108 valence electrons. The Bertz CT molecular complexity index is 519. The van der Waals surface area contributed by atoms with Crippen LogP contribution in [0.3, 0.4) is 0 Å². The lowest BCUT2D eigenvalue weighted by molar-refractivity contribution is 0.530. The van der Waals surface area contributed by atoms with E-state index in [4.69, 9.17) is 0 Å². The summed E-state index contributed by atoms with van der Waals surface area (Å²) in [6, 6.07) is 1.77. The summed E-state index contributed by atoms with van der Waals surface area (Å²) >= 11 is 1.49. The molecular weight excluding hydrogens is 280 g/mol. The quantitative estimate of drug-likeness (QED) is 0.725. The fraction of sp³-hybridized carbons (Fsp3) is 0.692. The van der Waals surface area contributed by atoms with Gasteiger partial charge >= 0.3 is 0 Å². The molecular formula is C13H22N2O2S2. The van der Waals surface area contributed by atoms with Crippen LogP contribution in [0, 0.1) is 5.41 Å². The van der Waals surface area contributed by atoms with Crippen molar-refractivity contribution in [2.24, 2.45) is 5.41 Å². The molecule has 1 heterocycles. The van der Waals surface area contributed by atoms with Crippen molar-refractivity contribution < 1.29 is 8.42 Å². The van der Waals surface area contributed by atoms with E-state index in [1.165, 1.54) is 11.3 Å². The van der Waals surface area contributed by atoms with Gasteiger partial charge in [-0.05, 0) is 37.3 Å². The molecule has 19 heavy (non-hydrogen) atoms. The molecule has 1 saturated carbocycles. The third-order valence-corrected chi connectivity index (χ3v) is 5.93. The molecule has 6 heteroatoms. The van der Waals surface area contributed by atoms with Gasteiger partial charge in [0.2, 0.25) is 10.0 Å². The van der Waals surface area contributed by atoms with E-state index >= 15 is 0 Å². The van der Waals surface area contributed by atoms with Gasteiger partial charge in [-0.25, -0.2) is 13.1 Å². The lowest BCUT2D eigenvalue weighted by Crippen LogP contribution is -2.28. The van der Waals surface area contributed by atoms with Crippen LogP contribution in [0.2, 0.25) is 0 Å². The van der Waals surface area contributed by atoms with Gasteiger partial charge in [-0.1, -0.05) is 13.8 Å². The van der Waals surface area contributed by atoms with Gasteiger partial charge in [0.1, 0.15) is 0 Å². The fourth-order valence-electron chi connectivity index (χ4n) is 1.73. The lowest BCUT2D eigenvalue weighted by Gasteiger charge is -2.09. The predicted octanol–water partition coefficient (Wildman–Crippen LogP) is 2.33. The van der Waals surface area contributed by atoms with Crippen molar-refractivity contribution in [2.75, 3.05) is 13.1 Å². The Labute approximate surface area is 119 Å². The van der Waals surface area contributed by atoms with Gasteiger partial charge < -0.3 is 5.32 Å². The molecule has 0 unspecified atom stereocenters. The van der Waals surface area contributed by atoms with Gasteiger partial charge in [0.15, 0.2) is 0 Å². The van der Waals surface area contributed by atoms with E-state index in [-0.39, 0.29) is 5.41 Å². The molecule has 0 atom stereocenters. The maximum absolute atomic E-state index is 12.1. The van der Waals surface area contributed by atoms with Crippen LogP contribution in [0.25, 0.3) is 0 Å². The summed E-state index contributed by atoms with van der Waals surface area (Å²) < 4.78 is 27.0. The zero-order chi connectivity index (χ0) is 13.9. The molecule has 0 radical (unpaired) electrons. The Kier molecular flexibility index (Phi) is 4.66. The molecule has 0 saturated heterocycles. The smallest absolute Gasteiger partial charge is 0.241 e. The number of nitrogens with one attached hydrogen (secondary N) is 2. The Morgan fingerprint density at radius 3 is 2.79 bits per heavy atom. The molecule has 2 rings (SSSR count). The van der Waals surface area contributed by atoms with Crippen LogP contribution in [0.4, 0.5) is 0 Å². The molecule has 1 aliphatic rings. The second-order valence-electron chi connectivity index (χ2n) is 5.56. The highest BCUT2D eigenvalue weighted by Gasteiger charge is 2.38. The molecule has 0 bridgehead atoms. The molecule has 0 aliphatic heterocycles. The Balaban J connectivity index is 1.92. The van der Waals surface area contributed by atoms with Crippen molar-refractivity contribution >= 4 is 21.4 Å². The summed E-state index contributed by atoms with van der Waals surface area (Å²) in [6.45, 7) is 6.47. The van der Waals surface area contributed by atoms with E-state index in [0.717, 1.165) is 37.2 Å². The molecule has 2 N–H and O–H groups in total. The van der Waals surface area contributed by atoms with Crippen LogP contribution in [-0.4, -0.2) is 21.5 Å². The van der Waals surface area contributed by atoms with E-state index in [2.05, 4.69) is 23.9 Å². The van der Waals surface area contributed by atoms with E-state index in [1.54, 1.807) is 11.4 Å². The topological polar surface area (TPSA) is 58.2 Å². The van der Waals surface area contributed by atoms with Gasteiger partial charge in [-0.15, -0.1) is 11.3 Å². The van der Waals surface area contributed by atoms with Crippen LogP contribution in [0.15, 0.2) is 16.3 Å². The van der Waals surface area contributed by atoms with Gasteiger partial charge in [0.05, 0.1) is 4.90 Å². The highest BCUT2D eigenvalue weighted by atomic mass is 32.2. The lowest BCUT2D eigenvalue weighted by atomic mass is 10.2. The Morgan fingerprint density at radius 2 is 2.16 bits per heavy atom. The number of rotatable bonds is 8. The maximum Gasteiger partial charge on any atom is 0.241 e. The zero-order valence-corrected chi connectivity index (χ0v) is 13.2. The van der Waals surface area contributed by atoms with Crippen molar-refractivity contribution in [1.29, 1.82) is 0 Å². The normalized spacial score (nSPS) is 17.6. The number of thiophene rings is 1. The minimum atomic E-state index is -3.33. The zero-order valence-electron chi connectivity index (χ0n) is 11.5. The van der Waals surface area contributed by atoms with Crippen molar-refractivity contribution in [3.8, 4) is 0 Å². The molecule has 1 aromatic rings. The summed E-state index contributed by atoms with van der Waals surface area (Å²) in [5.41, 5.74) is 0.189. The first kappa shape index (κ1) is 15.0. The van der Waals surface area contributed by atoms with Gasteiger partial charge in [0, 0.05) is 23.3 Å². The van der Waals surface area contributed by atoms with Crippen LogP contribution in [-0.2, 0) is 16.6 Å². The summed E-state index contributed by atoms with van der Waals surface area (Å²) in [5, 5.41) is 5.00. The average Bonchev–Trinajstić information content (AvgIpc) is 2.91. The second-order valence-corrected chi connectivity index (χ2v) is 8.32. The van der Waals surface area contributed by atoms with E-state index in [0.29, 0.717) is 11.4 Å². The highest BCUT2D eigenvalue weighted by molar-refractivity contribution is 7.89. The Hall–Kier alpha value is -0.430. The first-order chi connectivity index (χ1) is 8.95. The minimum absolute atomic E-state index is 0.189. The number of sulfonamides is 1. The SMILES string of the molecule is CCCNCc1cc(S(=O)(=O)NCC2(C)CC2)cs1. The molecule has 1 aromatic heterocycles. The first-order valence-electron chi connectivity index (χ1n) is 6.73. The van der Waals surface area contributed by atoms with Crippen molar-refractivity contribution in [2.45, 2.75) is 44.6 Å². The Morgan fingerprint density at radius 1 is 1.42 bits per heavy atom. The van der Waals surface area contributed by atoms with E-state index in [9.17, 15) is 8.42 Å². The van der Waals surface area contributed by atoms with Gasteiger partial charge in [-0.2, -0.15) is 0 Å². The summed E-state index contributed by atoms with van der Waals surface area (Å²) in [7, 11) is -3.33. The maximum atomic E-state index is 12.1. The van der Waals surface area contributed by atoms with Crippen molar-refractivity contribution in [3.63, 3.8) is 0 Å². The largest absolute Gasteiger partial charge is 0.312 e.